The number of aromatic nitrogens is 1. The minimum absolute atomic E-state index is 0.0313. The minimum Gasteiger partial charge on any atom is -0.370 e. The molecule has 0 atom stereocenters. The Hall–Kier alpha value is -1.63. The van der Waals surface area contributed by atoms with Crippen LogP contribution in [0.2, 0.25) is 0 Å². The average Bonchev–Trinajstić information content (AvgIpc) is 2.97. The van der Waals surface area contributed by atoms with Crippen LogP contribution in [0.3, 0.4) is 0 Å². The molecule has 1 aromatic heterocycles. The van der Waals surface area contributed by atoms with Gasteiger partial charge in [-0.3, -0.25) is 9.71 Å². The molecule has 134 valence electrons. The van der Waals surface area contributed by atoms with Crippen LogP contribution in [-0.4, -0.2) is 31.6 Å². The van der Waals surface area contributed by atoms with E-state index in [4.69, 9.17) is 11.5 Å². The zero-order chi connectivity index (χ0) is 18.3. The van der Waals surface area contributed by atoms with Gasteiger partial charge in [-0.15, -0.1) is 23.1 Å². The maximum Gasteiger partial charge on any atom is 0.262 e. The van der Waals surface area contributed by atoms with Gasteiger partial charge in [-0.2, -0.15) is 4.99 Å². The fraction of sp³-hybridized carbons (Fsp3) is 0.154. The Morgan fingerprint density at radius 1 is 1.36 bits per heavy atom. The van der Waals surface area contributed by atoms with Gasteiger partial charge in [-0.1, -0.05) is 15.9 Å². The number of sulfonamides is 1. The van der Waals surface area contributed by atoms with Crippen LogP contribution in [0.1, 0.15) is 5.69 Å². The van der Waals surface area contributed by atoms with E-state index in [1.54, 1.807) is 12.1 Å². The first kappa shape index (κ1) is 19.7. The Morgan fingerprint density at radius 2 is 2.08 bits per heavy atom. The summed E-state index contributed by atoms with van der Waals surface area (Å²) in [5, 5.41) is 2.36. The zero-order valence-corrected chi connectivity index (χ0v) is 16.8. The summed E-state index contributed by atoms with van der Waals surface area (Å²) in [6.45, 7) is 0. The molecule has 12 heteroatoms. The average molecular weight is 463 g/mol. The van der Waals surface area contributed by atoms with Crippen molar-refractivity contribution >= 4 is 66.5 Å². The summed E-state index contributed by atoms with van der Waals surface area (Å²) >= 11 is 6.08. The molecule has 2 rings (SSSR count). The van der Waals surface area contributed by atoms with Crippen LogP contribution in [-0.2, 0) is 15.8 Å². The highest BCUT2D eigenvalue weighted by Gasteiger charge is 2.11. The lowest BCUT2D eigenvalue weighted by Crippen LogP contribution is -2.22. The molecule has 5 N–H and O–H groups in total. The predicted octanol–water partition coefficient (Wildman–Crippen LogP) is 2.01. The van der Waals surface area contributed by atoms with Gasteiger partial charge in [-0.05, 0) is 24.3 Å². The Labute approximate surface area is 162 Å². The Balaban J connectivity index is 1.77. The highest BCUT2D eigenvalue weighted by Crippen LogP contribution is 2.21. The monoisotopic (exact) mass is 462 g/mol. The molecule has 0 saturated carbocycles. The van der Waals surface area contributed by atoms with Crippen molar-refractivity contribution in [2.24, 2.45) is 21.5 Å². The molecule has 0 unspecified atom stereocenters. The van der Waals surface area contributed by atoms with Gasteiger partial charge in [0, 0.05) is 15.6 Å². The van der Waals surface area contributed by atoms with Gasteiger partial charge in [0.2, 0.25) is 5.13 Å². The number of halogens is 1. The molecule has 0 aliphatic heterocycles. The molecule has 0 aliphatic carbocycles. The van der Waals surface area contributed by atoms with Gasteiger partial charge in [0.25, 0.3) is 10.0 Å². The molecular formula is C13H15BrN6O2S3. The zero-order valence-electron chi connectivity index (χ0n) is 12.8. The fourth-order valence-corrected chi connectivity index (χ4v) is 4.10. The van der Waals surface area contributed by atoms with Gasteiger partial charge in [0.05, 0.1) is 22.8 Å². The number of thioether (sulfide) groups is 1. The highest BCUT2D eigenvalue weighted by molar-refractivity contribution is 9.10. The van der Waals surface area contributed by atoms with Crippen molar-refractivity contribution in [3.63, 3.8) is 0 Å². The van der Waals surface area contributed by atoms with Gasteiger partial charge >= 0.3 is 0 Å². The van der Waals surface area contributed by atoms with Crippen LogP contribution in [0.5, 0.6) is 0 Å². The van der Waals surface area contributed by atoms with E-state index >= 15 is 0 Å². The summed E-state index contributed by atoms with van der Waals surface area (Å²) < 4.78 is 27.2. The maximum atomic E-state index is 12.0. The van der Waals surface area contributed by atoms with E-state index in [0.717, 1.165) is 10.2 Å². The second kappa shape index (κ2) is 9.17. The van der Waals surface area contributed by atoms with E-state index in [2.05, 4.69) is 35.6 Å². The number of aliphatic imine (C=N–C) groups is 2. The molecule has 0 fully saturated rings. The first-order valence-corrected chi connectivity index (χ1v) is 11.1. The third kappa shape index (κ3) is 6.65. The molecule has 0 saturated heterocycles. The Morgan fingerprint density at radius 3 is 2.76 bits per heavy atom. The van der Waals surface area contributed by atoms with Gasteiger partial charge < -0.3 is 11.5 Å². The van der Waals surface area contributed by atoms with E-state index in [0.29, 0.717) is 16.8 Å². The van der Waals surface area contributed by atoms with Crippen molar-refractivity contribution in [2.75, 3.05) is 5.88 Å². The number of rotatable bonds is 8. The number of nitrogens with two attached hydrogens (primary N) is 2. The molecule has 8 nitrogen and oxygen atoms in total. The third-order valence-electron chi connectivity index (χ3n) is 2.60. The molecule has 1 aromatic carbocycles. The van der Waals surface area contributed by atoms with E-state index in [1.165, 1.54) is 41.6 Å². The van der Waals surface area contributed by atoms with Crippen LogP contribution in [0, 0.1) is 0 Å². The summed E-state index contributed by atoms with van der Waals surface area (Å²) in [7, 11) is -3.60. The van der Waals surface area contributed by atoms with Crippen molar-refractivity contribution < 1.29 is 8.42 Å². The molecule has 0 spiro atoms. The minimum atomic E-state index is -3.60. The second-order valence-corrected chi connectivity index (χ2v) is 8.94. The molecule has 0 bridgehead atoms. The topological polar surface area (TPSA) is 136 Å². The molecule has 2 aromatic rings. The van der Waals surface area contributed by atoms with Crippen molar-refractivity contribution in [1.82, 2.24) is 9.71 Å². The van der Waals surface area contributed by atoms with Gasteiger partial charge in [0.1, 0.15) is 0 Å². The highest BCUT2D eigenvalue weighted by atomic mass is 79.9. The van der Waals surface area contributed by atoms with Crippen molar-refractivity contribution in [2.45, 2.75) is 10.6 Å². The standard InChI is InChI=1S/C13H15BrN6O2S3/c14-9-1-3-11(4-2-9)25(21,22)18-7-17-8-23-5-10-6-24-13(19-10)20-12(15)16/h1-4,6-7H,5,8H2,(H,17,18)(H4,15,16,19,20). The number of nitrogens with one attached hydrogen (secondary N) is 1. The number of hydrogen-bond donors (Lipinski definition) is 3. The maximum absolute atomic E-state index is 12.0. The Bertz CT molecular complexity index is 860. The van der Waals surface area contributed by atoms with Gasteiger partial charge in [-0.25, -0.2) is 13.4 Å². The summed E-state index contributed by atoms with van der Waals surface area (Å²) in [5.41, 5.74) is 11.4. The largest absolute Gasteiger partial charge is 0.370 e. The Kier molecular flexibility index (Phi) is 7.23. The normalized spacial score (nSPS) is 11.6. The van der Waals surface area contributed by atoms with E-state index in [1.807, 2.05) is 5.38 Å². The molecular weight excluding hydrogens is 448 g/mol. The third-order valence-corrected chi connectivity index (χ3v) is 6.06. The van der Waals surface area contributed by atoms with Crippen LogP contribution in [0.4, 0.5) is 5.13 Å². The lowest BCUT2D eigenvalue weighted by molar-refractivity contribution is 0.593. The number of hydrogen-bond acceptors (Lipinski definition) is 7. The quantitative estimate of drug-likeness (QED) is 0.311. The predicted molar refractivity (Wildman–Crippen MR) is 107 cm³/mol. The van der Waals surface area contributed by atoms with Crippen molar-refractivity contribution in [1.29, 1.82) is 0 Å². The van der Waals surface area contributed by atoms with Crippen LogP contribution >= 0.6 is 39.0 Å². The molecule has 25 heavy (non-hydrogen) atoms. The van der Waals surface area contributed by atoms with E-state index in [-0.39, 0.29) is 10.9 Å². The first-order chi connectivity index (χ1) is 11.9. The number of nitrogens with zero attached hydrogens (tertiary/aromatic N) is 3. The fourth-order valence-electron chi connectivity index (χ4n) is 1.55. The smallest absolute Gasteiger partial charge is 0.262 e. The molecule has 0 radical (unpaired) electrons. The number of benzene rings is 1. The second-order valence-electron chi connectivity index (χ2n) is 4.52. The van der Waals surface area contributed by atoms with Crippen LogP contribution < -0.4 is 16.2 Å². The first-order valence-electron chi connectivity index (χ1n) is 6.75. The lowest BCUT2D eigenvalue weighted by Gasteiger charge is -2.03. The van der Waals surface area contributed by atoms with Crippen LogP contribution in [0.25, 0.3) is 0 Å². The SMILES string of the molecule is NC(N)=Nc1nc(CSC/N=C/NS(=O)(=O)c2ccc(Br)cc2)cs1. The number of thiazole rings is 1. The summed E-state index contributed by atoms with van der Waals surface area (Å²) in [6.07, 6.45) is 1.18. The molecule has 1 heterocycles. The van der Waals surface area contributed by atoms with Gasteiger partial charge in [0.15, 0.2) is 5.96 Å². The molecule has 0 aliphatic rings. The summed E-state index contributed by atoms with van der Waals surface area (Å²) in [6, 6.07) is 6.33. The summed E-state index contributed by atoms with van der Waals surface area (Å²) in [5.74, 6) is 0.974. The summed E-state index contributed by atoms with van der Waals surface area (Å²) in [4.78, 5) is 12.3. The van der Waals surface area contributed by atoms with Crippen molar-refractivity contribution in [3.8, 4) is 0 Å². The van der Waals surface area contributed by atoms with Crippen molar-refractivity contribution in [3.05, 3.63) is 39.8 Å². The van der Waals surface area contributed by atoms with Crippen LogP contribution in [0.15, 0.2) is 49.0 Å². The number of guanidine groups is 1. The lowest BCUT2D eigenvalue weighted by atomic mass is 10.4. The molecule has 0 amide bonds. The van der Waals surface area contributed by atoms with E-state index in [9.17, 15) is 8.42 Å². The van der Waals surface area contributed by atoms with E-state index < -0.39 is 10.0 Å².